The van der Waals surface area contributed by atoms with Crippen LogP contribution < -0.4 is 16.1 Å². The van der Waals surface area contributed by atoms with Crippen LogP contribution in [0.3, 0.4) is 0 Å². The normalized spacial score (nSPS) is 24.5. The quantitative estimate of drug-likeness (QED) is 0.663. The van der Waals surface area contributed by atoms with Gasteiger partial charge in [0.05, 0.1) is 23.1 Å². The third kappa shape index (κ3) is 4.03. The fourth-order valence-corrected chi connectivity index (χ4v) is 4.48. The summed E-state index contributed by atoms with van der Waals surface area (Å²) in [6.07, 6.45) is 4.44. The van der Waals surface area contributed by atoms with E-state index >= 15 is 0 Å². The van der Waals surface area contributed by atoms with Crippen LogP contribution in [0.25, 0.3) is 0 Å². The summed E-state index contributed by atoms with van der Waals surface area (Å²) in [5.74, 6) is -0.396. The molecule has 158 valence electrons. The van der Waals surface area contributed by atoms with Crippen LogP contribution in [-0.2, 0) is 4.79 Å². The number of anilines is 2. The van der Waals surface area contributed by atoms with Crippen molar-refractivity contribution in [2.75, 3.05) is 10.3 Å². The van der Waals surface area contributed by atoms with Gasteiger partial charge in [-0.05, 0) is 50.8 Å². The average molecular weight is 409 g/mol. The third-order valence-corrected chi connectivity index (χ3v) is 6.04. The summed E-state index contributed by atoms with van der Waals surface area (Å²) in [5.41, 5.74) is 10.9. The molecular formula is C23H28N4O3. The van der Waals surface area contributed by atoms with Gasteiger partial charge < -0.3 is 16.2 Å². The molecular weight excluding hydrogens is 380 g/mol. The second kappa shape index (κ2) is 8.07. The van der Waals surface area contributed by atoms with Crippen LogP contribution in [-0.4, -0.2) is 34.7 Å². The number of nitrogens with zero attached hydrogens (tertiary/aromatic N) is 2. The number of ketones is 1. The number of allylic oxidation sites excluding steroid dienone is 2. The van der Waals surface area contributed by atoms with Crippen molar-refractivity contribution in [3.05, 3.63) is 47.2 Å². The van der Waals surface area contributed by atoms with Gasteiger partial charge in [-0.1, -0.05) is 12.2 Å². The van der Waals surface area contributed by atoms with Crippen LogP contribution in [0.2, 0.25) is 0 Å². The smallest absolute Gasteiger partial charge is 0.250 e. The molecule has 0 bridgehead atoms. The van der Waals surface area contributed by atoms with E-state index in [2.05, 4.69) is 11.9 Å². The number of hydrogen-bond donors (Lipinski definition) is 3. The zero-order chi connectivity index (χ0) is 21.4. The molecule has 0 saturated heterocycles. The van der Waals surface area contributed by atoms with Crippen LogP contribution in [0.1, 0.15) is 62.2 Å². The Hall–Kier alpha value is -2.93. The van der Waals surface area contributed by atoms with Crippen molar-refractivity contribution < 1.29 is 14.7 Å². The summed E-state index contributed by atoms with van der Waals surface area (Å²) in [7, 11) is 0. The van der Waals surface area contributed by atoms with E-state index in [1.807, 2.05) is 19.1 Å². The monoisotopic (exact) mass is 408 g/mol. The van der Waals surface area contributed by atoms with Crippen molar-refractivity contribution in [3.63, 3.8) is 0 Å². The maximum absolute atomic E-state index is 12.6. The Morgan fingerprint density at radius 2 is 1.97 bits per heavy atom. The Labute approximate surface area is 176 Å². The largest absolute Gasteiger partial charge is 0.393 e. The number of aliphatic hydroxyl groups is 1. The summed E-state index contributed by atoms with van der Waals surface area (Å²) in [5, 5.41) is 19.7. The number of primary amides is 1. The Kier molecular flexibility index (Phi) is 5.47. The highest BCUT2D eigenvalue weighted by Gasteiger charge is 2.31. The Balaban J connectivity index is 1.70. The SMILES string of the molecule is C=C1CC(=O)C2=C(C1)N(c1ccc(C(N)=O)c(N[C@H]3CC[C@H](O)CC3)c1)N=C(C)C2. The zero-order valence-corrected chi connectivity index (χ0v) is 17.3. The number of nitrogens with two attached hydrogens (primary N) is 1. The van der Waals surface area contributed by atoms with Gasteiger partial charge in [0.15, 0.2) is 5.78 Å². The van der Waals surface area contributed by atoms with Crippen LogP contribution in [0, 0.1) is 0 Å². The maximum Gasteiger partial charge on any atom is 0.250 e. The lowest BCUT2D eigenvalue weighted by atomic mass is 9.87. The van der Waals surface area contributed by atoms with Gasteiger partial charge >= 0.3 is 0 Å². The number of hydrazone groups is 1. The molecule has 4 N–H and O–H groups in total. The minimum absolute atomic E-state index is 0.105. The lowest BCUT2D eigenvalue weighted by Gasteiger charge is -2.33. The zero-order valence-electron chi connectivity index (χ0n) is 17.3. The number of rotatable bonds is 4. The van der Waals surface area contributed by atoms with Gasteiger partial charge in [0.25, 0.3) is 5.91 Å². The first-order valence-corrected chi connectivity index (χ1v) is 10.5. The number of benzene rings is 1. The molecule has 0 unspecified atom stereocenters. The number of carbonyl (C=O) groups excluding carboxylic acids is 2. The first-order chi connectivity index (χ1) is 14.3. The van der Waals surface area contributed by atoms with Gasteiger partial charge in [0.1, 0.15) is 0 Å². The standard InChI is InChI=1S/C23H28N4O3/c1-13-9-21-19(22(29)10-13)11-14(2)26-27(21)16-5-8-18(23(24)30)20(12-16)25-15-3-6-17(28)7-4-15/h5,8,12,15,17,25,28H,1,3-4,6-7,9-11H2,2H3,(H2,24,30)/t15-,17-. The highest BCUT2D eigenvalue weighted by Crippen LogP contribution is 2.38. The molecule has 1 amide bonds. The topological polar surface area (TPSA) is 108 Å². The lowest BCUT2D eigenvalue weighted by Crippen LogP contribution is -2.31. The van der Waals surface area contributed by atoms with E-state index in [4.69, 9.17) is 10.8 Å². The van der Waals surface area contributed by atoms with Gasteiger partial charge in [-0.2, -0.15) is 5.10 Å². The summed E-state index contributed by atoms with van der Waals surface area (Å²) in [4.78, 5) is 24.6. The molecule has 1 aromatic rings. The van der Waals surface area contributed by atoms with Gasteiger partial charge in [0, 0.05) is 42.3 Å². The Bertz CT molecular complexity index is 971. The molecule has 7 heteroatoms. The molecule has 3 aliphatic rings. The highest BCUT2D eigenvalue weighted by atomic mass is 16.3. The van der Waals surface area contributed by atoms with Crippen molar-refractivity contribution in [3.8, 4) is 0 Å². The van der Waals surface area contributed by atoms with E-state index < -0.39 is 5.91 Å². The number of carbonyl (C=O) groups is 2. The van der Waals surface area contributed by atoms with E-state index in [0.29, 0.717) is 30.5 Å². The van der Waals surface area contributed by atoms with Crippen LogP contribution >= 0.6 is 0 Å². The Morgan fingerprint density at radius 3 is 2.67 bits per heavy atom. The first kappa shape index (κ1) is 20.3. The van der Waals surface area contributed by atoms with E-state index in [1.54, 1.807) is 11.1 Å². The molecule has 0 aromatic heterocycles. The Morgan fingerprint density at radius 1 is 1.23 bits per heavy atom. The fourth-order valence-electron chi connectivity index (χ4n) is 4.48. The molecule has 0 atom stereocenters. The summed E-state index contributed by atoms with van der Waals surface area (Å²) in [6, 6.07) is 5.56. The van der Waals surface area contributed by atoms with Gasteiger partial charge in [-0.25, -0.2) is 5.01 Å². The van der Waals surface area contributed by atoms with Crippen molar-refractivity contribution in [1.29, 1.82) is 0 Å². The average Bonchev–Trinajstić information content (AvgIpc) is 2.69. The number of amides is 1. The minimum Gasteiger partial charge on any atom is -0.393 e. The second-order valence-electron chi connectivity index (χ2n) is 8.52. The van der Waals surface area contributed by atoms with Gasteiger partial charge in [-0.15, -0.1) is 0 Å². The summed E-state index contributed by atoms with van der Waals surface area (Å²) in [6.45, 7) is 5.93. The highest BCUT2D eigenvalue weighted by molar-refractivity contribution is 6.06. The van der Waals surface area contributed by atoms with Crippen LogP contribution in [0.5, 0.6) is 0 Å². The van der Waals surface area contributed by atoms with E-state index in [0.717, 1.165) is 53.9 Å². The second-order valence-corrected chi connectivity index (χ2v) is 8.52. The van der Waals surface area contributed by atoms with E-state index in [1.165, 1.54) is 0 Å². The molecule has 7 nitrogen and oxygen atoms in total. The van der Waals surface area contributed by atoms with Crippen LogP contribution in [0.15, 0.2) is 46.7 Å². The molecule has 1 fully saturated rings. The molecule has 1 aromatic carbocycles. The molecule has 1 aliphatic heterocycles. The number of Topliss-reactive ketones (excluding diaryl/α,β-unsaturated/α-hetero) is 1. The van der Waals surface area contributed by atoms with Gasteiger partial charge in [-0.3, -0.25) is 9.59 Å². The molecule has 0 radical (unpaired) electrons. The number of aliphatic hydroxyl groups excluding tert-OH is 1. The van der Waals surface area contributed by atoms with Crippen LogP contribution in [0.4, 0.5) is 11.4 Å². The summed E-state index contributed by atoms with van der Waals surface area (Å²) >= 11 is 0. The molecule has 1 saturated carbocycles. The van der Waals surface area contributed by atoms with Gasteiger partial charge in [0.2, 0.25) is 0 Å². The van der Waals surface area contributed by atoms with Crippen molar-refractivity contribution >= 4 is 28.8 Å². The van der Waals surface area contributed by atoms with E-state index in [-0.39, 0.29) is 17.9 Å². The number of hydrogen-bond acceptors (Lipinski definition) is 6. The molecule has 2 aliphatic carbocycles. The lowest BCUT2D eigenvalue weighted by molar-refractivity contribution is -0.115. The predicted molar refractivity (Wildman–Crippen MR) is 117 cm³/mol. The van der Waals surface area contributed by atoms with E-state index in [9.17, 15) is 14.7 Å². The van der Waals surface area contributed by atoms with Crippen molar-refractivity contribution in [1.82, 2.24) is 0 Å². The fraction of sp³-hybridized carbons (Fsp3) is 0.435. The van der Waals surface area contributed by atoms with Crippen molar-refractivity contribution in [2.24, 2.45) is 10.8 Å². The third-order valence-electron chi connectivity index (χ3n) is 6.04. The molecule has 30 heavy (non-hydrogen) atoms. The minimum atomic E-state index is -0.501. The molecule has 0 spiro atoms. The molecule has 4 rings (SSSR count). The molecule has 1 heterocycles. The predicted octanol–water partition coefficient (Wildman–Crippen LogP) is 3.26. The number of nitrogens with one attached hydrogen (secondary N) is 1. The maximum atomic E-state index is 12.6. The first-order valence-electron chi connectivity index (χ1n) is 10.5. The summed E-state index contributed by atoms with van der Waals surface area (Å²) < 4.78 is 0. The van der Waals surface area contributed by atoms with Crippen molar-refractivity contribution in [2.45, 2.75) is 64.0 Å².